The van der Waals surface area contributed by atoms with Gasteiger partial charge in [0, 0.05) is 37.7 Å². The van der Waals surface area contributed by atoms with Gasteiger partial charge >= 0.3 is 6.09 Å². The second-order valence-electron chi connectivity index (χ2n) is 7.92. The number of aromatic nitrogens is 1. The lowest BCUT2D eigenvalue weighted by Gasteiger charge is -2.36. The van der Waals surface area contributed by atoms with Gasteiger partial charge < -0.3 is 15.0 Å². The molecule has 1 fully saturated rings. The molecule has 4 rings (SSSR count). The molecule has 2 aromatic rings. The SMILES string of the molecule is [2H]C1([2H])N(CC(=O)N2c3ccccc3C(=O)Nc3cccnc32)C([2H])([2H])C([2H])([2H])N(C(=O)OC(C)(C)C)C1([2H])[2H]. The summed E-state index contributed by atoms with van der Waals surface area (Å²) in [6.45, 7) is -10.9. The Morgan fingerprint density at radius 3 is 2.56 bits per heavy atom. The third-order valence-electron chi connectivity index (χ3n) is 4.35. The van der Waals surface area contributed by atoms with E-state index in [4.69, 9.17) is 15.7 Å². The summed E-state index contributed by atoms with van der Waals surface area (Å²) in [5.41, 5.74) is -1.01. The van der Waals surface area contributed by atoms with Crippen molar-refractivity contribution in [1.29, 1.82) is 0 Å². The highest BCUT2D eigenvalue weighted by molar-refractivity contribution is 6.17. The number of nitrogens with zero attached hydrogens (tertiary/aromatic N) is 4. The van der Waals surface area contributed by atoms with E-state index in [0.29, 0.717) is 0 Å². The number of carbonyl (C=O) groups excluding carboxylic acids is 3. The van der Waals surface area contributed by atoms with E-state index in [1.165, 1.54) is 57.3 Å². The summed E-state index contributed by atoms with van der Waals surface area (Å²) in [5, 5.41) is 2.63. The first kappa shape index (κ1) is 13.8. The Morgan fingerprint density at radius 1 is 1.12 bits per heavy atom. The number of pyridine rings is 1. The molecule has 3 amide bonds. The van der Waals surface area contributed by atoms with Gasteiger partial charge in [-0.1, -0.05) is 12.1 Å². The van der Waals surface area contributed by atoms with E-state index in [-0.39, 0.29) is 32.6 Å². The van der Waals surface area contributed by atoms with Crippen molar-refractivity contribution in [3.05, 3.63) is 48.2 Å². The first-order valence-electron chi connectivity index (χ1n) is 13.7. The molecule has 1 aromatic heterocycles. The van der Waals surface area contributed by atoms with Crippen molar-refractivity contribution in [3.63, 3.8) is 0 Å². The zero-order valence-electron chi connectivity index (χ0n) is 25.7. The van der Waals surface area contributed by atoms with E-state index in [9.17, 15) is 14.4 Å². The van der Waals surface area contributed by atoms with Crippen molar-refractivity contribution in [3.8, 4) is 0 Å². The lowest BCUT2D eigenvalue weighted by molar-refractivity contribution is -0.119. The zero-order valence-corrected chi connectivity index (χ0v) is 17.7. The molecule has 0 aliphatic carbocycles. The predicted octanol–water partition coefficient (Wildman–Crippen LogP) is 2.86. The molecule has 0 spiro atoms. The second kappa shape index (κ2) is 8.58. The Hall–Kier alpha value is -3.46. The molecule has 9 nitrogen and oxygen atoms in total. The normalized spacial score (nSPS) is 26.5. The molecule has 1 N–H and O–H groups in total. The van der Waals surface area contributed by atoms with Crippen LogP contribution in [0.2, 0.25) is 0 Å². The molecule has 3 heterocycles. The summed E-state index contributed by atoms with van der Waals surface area (Å²) < 4.78 is 73.1. The highest BCUT2D eigenvalue weighted by atomic mass is 16.6. The van der Waals surface area contributed by atoms with Crippen LogP contribution in [0.15, 0.2) is 42.6 Å². The van der Waals surface area contributed by atoms with E-state index in [2.05, 4.69) is 10.3 Å². The van der Waals surface area contributed by atoms with E-state index in [0.717, 1.165) is 4.90 Å². The average Bonchev–Trinajstić information content (AvgIpc) is 2.93. The molecular weight excluding hydrogens is 410 g/mol. The zero-order chi connectivity index (χ0) is 30.1. The highest BCUT2D eigenvalue weighted by Gasteiger charge is 2.32. The third-order valence-corrected chi connectivity index (χ3v) is 4.35. The number of para-hydroxylation sites is 1. The van der Waals surface area contributed by atoms with Crippen LogP contribution >= 0.6 is 0 Å². The maximum Gasteiger partial charge on any atom is 0.410 e. The van der Waals surface area contributed by atoms with Crippen molar-refractivity contribution < 1.29 is 30.1 Å². The Bertz CT molecular complexity index is 1350. The summed E-state index contributed by atoms with van der Waals surface area (Å²) in [7, 11) is 0. The molecule has 1 saturated heterocycles. The van der Waals surface area contributed by atoms with Crippen LogP contribution in [-0.2, 0) is 9.53 Å². The molecule has 2 aliphatic rings. The summed E-state index contributed by atoms with van der Waals surface area (Å²) in [6.07, 6.45) is -0.278. The fourth-order valence-electron chi connectivity index (χ4n) is 3.05. The number of fused-ring (bicyclic) bond motifs is 2. The van der Waals surface area contributed by atoms with E-state index >= 15 is 0 Å². The lowest BCUT2D eigenvalue weighted by atomic mass is 10.1. The third kappa shape index (κ3) is 4.57. The molecule has 0 unspecified atom stereocenters. The second-order valence-corrected chi connectivity index (χ2v) is 7.92. The Labute approximate surface area is 198 Å². The number of anilines is 3. The van der Waals surface area contributed by atoms with Crippen LogP contribution in [0.25, 0.3) is 0 Å². The summed E-state index contributed by atoms with van der Waals surface area (Å²) in [5.74, 6) is -1.68. The molecule has 2 aliphatic heterocycles. The largest absolute Gasteiger partial charge is 0.444 e. The molecule has 0 radical (unpaired) electrons. The number of hydrogen-bond donors (Lipinski definition) is 1. The number of carbonyl (C=O) groups is 3. The molecule has 0 atom stereocenters. The average molecular weight is 446 g/mol. The summed E-state index contributed by atoms with van der Waals surface area (Å²) in [6, 6.07) is 8.94. The number of hydrogen-bond acceptors (Lipinski definition) is 6. The van der Waals surface area contributed by atoms with Crippen LogP contribution in [0.4, 0.5) is 22.0 Å². The van der Waals surface area contributed by atoms with Crippen LogP contribution in [0.1, 0.15) is 42.1 Å². The fraction of sp³-hybridized carbons (Fsp3) is 0.391. The first-order valence-corrected chi connectivity index (χ1v) is 9.74. The maximum absolute atomic E-state index is 13.9. The van der Waals surface area contributed by atoms with Crippen molar-refractivity contribution >= 4 is 35.1 Å². The molecule has 0 bridgehead atoms. The van der Waals surface area contributed by atoms with Gasteiger partial charge in [0.1, 0.15) is 5.60 Å². The van der Waals surface area contributed by atoms with Crippen molar-refractivity contribution in [2.24, 2.45) is 0 Å². The van der Waals surface area contributed by atoms with Gasteiger partial charge in [0.05, 0.1) is 29.0 Å². The van der Waals surface area contributed by atoms with Crippen LogP contribution in [0.3, 0.4) is 0 Å². The lowest BCUT2D eigenvalue weighted by Crippen LogP contribution is -2.52. The van der Waals surface area contributed by atoms with Crippen LogP contribution in [-0.4, -0.2) is 70.8 Å². The summed E-state index contributed by atoms with van der Waals surface area (Å²) in [4.78, 5) is 44.6. The molecule has 1 aromatic carbocycles. The van der Waals surface area contributed by atoms with Gasteiger partial charge in [-0.2, -0.15) is 0 Å². The van der Waals surface area contributed by atoms with Crippen LogP contribution < -0.4 is 10.2 Å². The quantitative estimate of drug-likeness (QED) is 0.764. The van der Waals surface area contributed by atoms with Crippen LogP contribution in [0.5, 0.6) is 0 Å². The number of rotatable bonds is 2. The van der Waals surface area contributed by atoms with Gasteiger partial charge in [0.25, 0.3) is 5.91 Å². The number of amides is 3. The van der Waals surface area contributed by atoms with Crippen LogP contribution in [0, 0.1) is 0 Å². The van der Waals surface area contributed by atoms with Gasteiger partial charge in [0.15, 0.2) is 5.82 Å². The van der Waals surface area contributed by atoms with Crippen molar-refractivity contribution in [2.75, 3.05) is 42.7 Å². The van der Waals surface area contributed by atoms with Gasteiger partial charge in [0.2, 0.25) is 5.91 Å². The monoisotopic (exact) mass is 445 g/mol. The molecular formula is C23H27N5O4. The van der Waals surface area contributed by atoms with E-state index < -0.39 is 56.0 Å². The minimum Gasteiger partial charge on any atom is -0.444 e. The van der Waals surface area contributed by atoms with Gasteiger partial charge in [-0.25, -0.2) is 9.78 Å². The molecule has 168 valence electrons. The smallest absolute Gasteiger partial charge is 0.410 e. The van der Waals surface area contributed by atoms with E-state index in [1.54, 1.807) is 6.07 Å². The fourth-order valence-corrected chi connectivity index (χ4v) is 3.05. The van der Waals surface area contributed by atoms with Gasteiger partial charge in [-0.3, -0.25) is 19.4 Å². The predicted molar refractivity (Wildman–Crippen MR) is 120 cm³/mol. The summed E-state index contributed by atoms with van der Waals surface area (Å²) >= 11 is 0. The van der Waals surface area contributed by atoms with Gasteiger partial charge in [-0.15, -0.1) is 0 Å². The van der Waals surface area contributed by atoms with Crippen molar-refractivity contribution in [1.82, 2.24) is 14.8 Å². The van der Waals surface area contributed by atoms with Gasteiger partial charge in [-0.05, 0) is 45.0 Å². The Balaban J connectivity index is 1.81. The number of benzene rings is 1. The maximum atomic E-state index is 13.9. The van der Waals surface area contributed by atoms with Crippen molar-refractivity contribution in [2.45, 2.75) is 26.4 Å². The van der Waals surface area contributed by atoms with E-state index in [1.807, 2.05) is 0 Å². The minimum atomic E-state index is -3.52. The number of piperazine rings is 1. The first-order chi connectivity index (χ1) is 18.2. The molecule has 0 saturated carbocycles. The molecule has 9 heteroatoms. The minimum absolute atomic E-state index is 0.0435. The standard InChI is InChI=1S/C23H27N5O4/c1-23(2,3)32-22(31)27-13-11-26(12-14-27)15-19(29)28-18-9-5-4-7-16(18)21(30)25-17-8-6-10-24-20(17)28/h4-10H,11-15H2,1-3H3,(H,25,30)/i11D2,12D2,13D2,14D2. The number of ether oxygens (including phenoxy) is 1. The molecule has 32 heavy (non-hydrogen) atoms. The highest BCUT2D eigenvalue weighted by Crippen LogP contribution is 2.36. The number of nitrogens with one attached hydrogen (secondary N) is 1. The topological polar surface area (TPSA) is 95.1 Å². The Kier molecular flexibility index (Phi) is 3.71. The Morgan fingerprint density at radius 2 is 1.84 bits per heavy atom.